The third-order valence-electron chi connectivity index (χ3n) is 3.17. The molecule has 1 atom stereocenters. The van der Waals surface area contributed by atoms with Gasteiger partial charge in [-0.25, -0.2) is 0 Å². The molecule has 2 aromatic rings. The predicted octanol–water partition coefficient (Wildman–Crippen LogP) is 3.78. The quantitative estimate of drug-likeness (QED) is 0.758. The fourth-order valence-electron chi connectivity index (χ4n) is 2.20. The number of hydrogen-bond acceptors (Lipinski definition) is 4. The lowest BCUT2D eigenvalue weighted by atomic mass is 10.1. The standard InChI is InChI=1S/C13H20ClN5/c1-3-5-7-9(6-4-2)16-11-10-8-15-19-12(10)18-13(14)17-11/h8-9H,3-7H2,1-2H3,(H2,15,16,17,18,19). The lowest BCUT2D eigenvalue weighted by Crippen LogP contribution is -2.20. The molecule has 6 heteroatoms. The van der Waals surface area contributed by atoms with Crippen LogP contribution >= 0.6 is 11.6 Å². The number of H-pyrrole nitrogens is 1. The van der Waals surface area contributed by atoms with Crippen LogP contribution in [0.1, 0.15) is 46.0 Å². The minimum absolute atomic E-state index is 0.241. The molecule has 0 aliphatic carbocycles. The second kappa shape index (κ2) is 6.70. The Morgan fingerprint density at radius 3 is 2.84 bits per heavy atom. The molecule has 2 N–H and O–H groups in total. The molecule has 2 aromatic heterocycles. The molecule has 19 heavy (non-hydrogen) atoms. The van der Waals surface area contributed by atoms with Gasteiger partial charge in [0.05, 0.1) is 11.6 Å². The molecule has 5 nitrogen and oxygen atoms in total. The van der Waals surface area contributed by atoms with Crippen LogP contribution in [0.3, 0.4) is 0 Å². The highest BCUT2D eigenvalue weighted by molar-refractivity contribution is 6.28. The van der Waals surface area contributed by atoms with Crippen molar-refractivity contribution in [3.05, 3.63) is 11.5 Å². The number of aromatic nitrogens is 4. The minimum atomic E-state index is 0.241. The van der Waals surface area contributed by atoms with Crippen LogP contribution in [0.25, 0.3) is 11.0 Å². The molecule has 0 aliphatic heterocycles. The molecule has 0 fully saturated rings. The summed E-state index contributed by atoms with van der Waals surface area (Å²) in [5.74, 6) is 0.776. The van der Waals surface area contributed by atoms with Crippen LogP contribution in [-0.4, -0.2) is 26.2 Å². The maximum atomic E-state index is 5.94. The van der Waals surface area contributed by atoms with E-state index < -0.39 is 0 Å². The number of hydrogen-bond donors (Lipinski definition) is 2. The highest BCUT2D eigenvalue weighted by atomic mass is 35.5. The Bertz CT molecular complexity index is 525. The first-order valence-corrected chi connectivity index (χ1v) is 7.25. The molecule has 0 saturated carbocycles. The third kappa shape index (κ3) is 3.56. The fourth-order valence-corrected chi connectivity index (χ4v) is 2.37. The number of rotatable bonds is 7. The maximum Gasteiger partial charge on any atom is 0.226 e. The Kier molecular flexibility index (Phi) is 4.96. The van der Waals surface area contributed by atoms with Gasteiger partial charge in [-0.05, 0) is 24.4 Å². The number of halogens is 1. The van der Waals surface area contributed by atoms with Gasteiger partial charge in [0.1, 0.15) is 5.82 Å². The van der Waals surface area contributed by atoms with Crippen molar-refractivity contribution in [2.24, 2.45) is 0 Å². The fraction of sp³-hybridized carbons (Fsp3) is 0.615. The summed E-state index contributed by atoms with van der Waals surface area (Å²) >= 11 is 5.94. The molecule has 0 bridgehead atoms. The van der Waals surface area contributed by atoms with Crippen molar-refractivity contribution < 1.29 is 0 Å². The van der Waals surface area contributed by atoms with Gasteiger partial charge in [-0.1, -0.05) is 33.1 Å². The summed E-state index contributed by atoms with van der Waals surface area (Å²) in [5.41, 5.74) is 0.674. The van der Waals surface area contributed by atoms with Gasteiger partial charge in [0.25, 0.3) is 0 Å². The molecule has 0 aromatic carbocycles. The number of fused-ring (bicyclic) bond motifs is 1. The van der Waals surface area contributed by atoms with E-state index in [1.165, 1.54) is 12.8 Å². The Morgan fingerprint density at radius 1 is 1.26 bits per heavy atom. The van der Waals surface area contributed by atoms with Gasteiger partial charge in [-0.15, -0.1) is 0 Å². The van der Waals surface area contributed by atoms with Gasteiger partial charge in [0.2, 0.25) is 5.28 Å². The molecule has 0 amide bonds. The summed E-state index contributed by atoms with van der Waals surface area (Å²) < 4.78 is 0. The van der Waals surface area contributed by atoms with Crippen molar-refractivity contribution in [3.63, 3.8) is 0 Å². The van der Waals surface area contributed by atoms with E-state index >= 15 is 0 Å². The summed E-state index contributed by atoms with van der Waals surface area (Å²) in [6.07, 6.45) is 7.57. The summed E-state index contributed by atoms with van der Waals surface area (Å²) in [7, 11) is 0. The molecule has 0 aliphatic rings. The normalized spacial score (nSPS) is 12.8. The van der Waals surface area contributed by atoms with Crippen molar-refractivity contribution in [3.8, 4) is 0 Å². The molecule has 2 heterocycles. The van der Waals surface area contributed by atoms with E-state index in [-0.39, 0.29) is 5.28 Å². The van der Waals surface area contributed by atoms with E-state index in [2.05, 4.69) is 39.3 Å². The van der Waals surface area contributed by atoms with Crippen molar-refractivity contribution >= 4 is 28.5 Å². The van der Waals surface area contributed by atoms with Gasteiger partial charge in [0, 0.05) is 6.04 Å². The molecule has 1 unspecified atom stereocenters. The highest BCUT2D eigenvalue weighted by Gasteiger charge is 2.13. The zero-order valence-corrected chi connectivity index (χ0v) is 12.2. The zero-order valence-electron chi connectivity index (χ0n) is 11.4. The topological polar surface area (TPSA) is 66.5 Å². The maximum absolute atomic E-state index is 5.94. The summed E-state index contributed by atoms with van der Waals surface area (Å²) in [5, 5.41) is 11.4. The Balaban J connectivity index is 2.19. The first-order valence-electron chi connectivity index (χ1n) is 6.87. The van der Waals surface area contributed by atoms with E-state index in [1.54, 1.807) is 6.20 Å². The first kappa shape index (κ1) is 14.1. The lowest BCUT2D eigenvalue weighted by Gasteiger charge is -2.18. The van der Waals surface area contributed by atoms with E-state index in [0.29, 0.717) is 11.7 Å². The Morgan fingerprint density at radius 2 is 2.11 bits per heavy atom. The van der Waals surface area contributed by atoms with Crippen molar-refractivity contribution in [2.75, 3.05) is 5.32 Å². The van der Waals surface area contributed by atoms with Crippen molar-refractivity contribution in [1.82, 2.24) is 20.2 Å². The van der Waals surface area contributed by atoms with Crippen molar-refractivity contribution in [2.45, 2.75) is 52.0 Å². The Hall–Kier alpha value is -1.36. The van der Waals surface area contributed by atoms with Crippen LogP contribution in [0.15, 0.2) is 6.20 Å². The number of nitrogens with zero attached hydrogens (tertiary/aromatic N) is 3. The van der Waals surface area contributed by atoms with Crippen molar-refractivity contribution in [1.29, 1.82) is 0 Å². The largest absolute Gasteiger partial charge is 0.367 e. The summed E-state index contributed by atoms with van der Waals surface area (Å²) in [6.45, 7) is 4.40. The number of anilines is 1. The van der Waals surface area contributed by atoms with E-state index in [1.807, 2.05) is 0 Å². The second-order valence-electron chi connectivity index (χ2n) is 4.75. The average molecular weight is 282 g/mol. The molecular formula is C13H20ClN5. The number of nitrogens with one attached hydrogen (secondary N) is 2. The van der Waals surface area contributed by atoms with Crippen LogP contribution in [-0.2, 0) is 0 Å². The van der Waals surface area contributed by atoms with Gasteiger partial charge in [-0.3, -0.25) is 5.10 Å². The minimum Gasteiger partial charge on any atom is -0.367 e. The van der Waals surface area contributed by atoms with E-state index in [4.69, 9.17) is 11.6 Å². The van der Waals surface area contributed by atoms with Gasteiger partial charge in [0.15, 0.2) is 5.65 Å². The van der Waals surface area contributed by atoms with Crippen LogP contribution in [0.4, 0.5) is 5.82 Å². The number of aromatic amines is 1. The van der Waals surface area contributed by atoms with Crippen LogP contribution in [0, 0.1) is 0 Å². The van der Waals surface area contributed by atoms with Gasteiger partial charge < -0.3 is 5.32 Å². The van der Waals surface area contributed by atoms with Gasteiger partial charge in [-0.2, -0.15) is 15.1 Å². The molecule has 0 radical (unpaired) electrons. The summed E-state index contributed by atoms with van der Waals surface area (Å²) in [4.78, 5) is 8.39. The molecular weight excluding hydrogens is 262 g/mol. The highest BCUT2D eigenvalue weighted by Crippen LogP contribution is 2.22. The van der Waals surface area contributed by atoms with E-state index in [9.17, 15) is 0 Å². The van der Waals surface area contributed by atoms with Gasteiger partial charge >= 0.3 is 0 Å². The zero-order chi connectivity index (χ0) is 13.7. The summed E-state index contributed by atoms with van der Waals surface area (Å²) in [6, 6.07) is 0.425. The van der Waals surface area contributed by atoms with Crippen LogP contribution in [0.5, 0.6) is 0 Å². The molecule has 104 valence electrons. The monoisotopic (exact) mass is 281 g/mol. The molecule has 2 rings (SSSR count). The first-order chi connectivity index (χ1) is 9.24. The smallest absolute Gasteiger partial charge is 0.226 e. The SMILES string of the molecule is CCCCC(CCC)Nc1nc(Cl)nc2[nH]ncc12. The predicted molar refractivity (Wildman–Crippen MR) is 78.5 cm³/mol. The molecule has 0 spiro atoms. The average Bonchev–Trinajstić information content (AvgIpc) is 2.84. The van der Waals surface area contributed by atoms with Crippen LogP contribution < -0.4 is 5.32 Å². The lowest BCUT2D eigenvalue weighted by molar-refractivity contribution is 0.563. The second-order valence-corrected chi connectivity index (χ2v) is 5.08. The third-order valence-corrected chi connectivity index (χ3v) is 3.34. The molecule has 0 saturated heterocycles. The number of unbranched alkanes of at least 4 members (excludes halogenated alkanes) is 1. The van der Waals surface area contributed by atoms with Crippen LogP contribution in [0.2, 0.25) is 5.28 Å². The van der Waals surface area contributed by atoms with E-state index in [0.717, 1.165) is 30.5 Å². The Labute approximate surface area is 118 Å².